The highest BCUT2D eigenvalue weighted by Gasteiger charge is 2.30. The average molecular weight is 390 g/mol. The quantitative estimate of drug-likeness (QED) is 0.817. The molecule has 0 radical (unpaired) electrons. The molecular weight excluding hydrogens is 362 g/mol. The lowest BCUT2D eigenvalue weighted by molar-refractivity contribution is -0.147. The van der Waals surface area contributed by atoms with Crippen molar-refractivity contribution >= 4 is 27.5 Å². The molecule has 0 aromatic carbocycles. The van der Waals surface area contributed by atoms with E-state index in [1.165, 1.54) is 17.6 Å². The van der Waals surface area contributed by atoms with E-state index < -0.39 is 0 Å². The van der Waals surface area contributed by atoms with Gasteiger partial charge in [0.2, 0.25) is 0 Å². The van der Waals surface area contributed by atoms with Crippen LogP contribution in [0, 0.1) is 11.8 Å². The van der Waals surface area contributed by atoms with Gasteiger partial charge in [-0.2, -0.15) is 0 Å². The van der Waals surface area contributed by atoms with Crippen molar-refractivity contribution in [2.45, 2.75) is 52.0 Å². The number of nitrogens with zero attached hydrogens (tertiary/aromatic N) is 2. The number of carbonyl (C=O) groups is 1. The third-order valence-corrected chi connectivity index (χ3v) is 7.34. The predicted molar refractivity (Wildman–Crippen MR) is 106 cm³/mol. The van der Waals surface area contributed by atoms with E-state index in [0.717, 1.165) is 61.2 Å². The van der Waals surface area contributed by atoms with Crippen LogP contribution in [0.2, 0.25) is 0 Å². The maximum Gasteiger partial charge on any atom is 0.308 e. The Kier molecular flexibility index (Phi) is 5.07. The number of likely N-dealkylation sites (tertiary alicyclic amines) is 1. The lowest BCUT2D eigenvalue weighted by Crippen LogP contribution is -2.39. The molecule has 0 spiro atoms. The molecule has 1 aliphatic carbocycles. The van der Waals surface area contributed by atoms with E-state index in [4.69, 9.17) is 9.72 Å². The van der Waals surface area contributed by atoms with Gasteiger partial charge in [-0.1, -0.05) is 6.92 Å². The zero-order chi connectivity index (χ0) is 19.1. The molecule has 6 nitrogen and oxygen atoms in total. The molecule has 0 bridgehead atoms. The number of fused-ring (bicyclic) bond motifs is 3. The van der Waals surface area contributed by atoms with Crippen LogP contribution < -0.4 is 5.56 Å². The van der Waals surface area contributed by atoms with E-state index in [1.807, 2.05) is 0 Å². The van der Waals surface area contributed by atoms with E-state index >= 15 is 0 Å². The van der Waals surface area contributed by atoms with E-state index in [9.17, 15) is 9.59 Å². The SMILES string of the molecule is COC(=O)C1CCN([C@H](C)c2nc3sc4c(c3c(=O)[nH]2)CC[C@@H](C)C4)CC1. The second kappa shape index (κ2) is 7.36. The van der Waals surface area contributed by atoms with Crippen LogP contribution in [-0.4, -0.2) is 41.0 Å². The van der Waals surface area contributed by atoms with Crippen molar-refractivity contribution in [3.05, 3.63) is 26.6 Å². The highest BCUT2D eigenvalue weighted by atomic mass is 32.1. The number of aromatic nitrogens is 2. The highest BCUT2D eigenvalue weighted by Crippen LogP contribution is 2.36. The fourth-order valence-electron chi connectivity index (χ4n) is 4.43. The largest absolute Gasteiger partial charge is 0.469 e. The zero-order valence-corrected chi connectivity index (χ0v) is 17.0. The zero-order valence-electron chi connectivity index (χ0n) is 16.2. The van der Waals surface area contributed by atoms with Crippen LogP contribution in [0.3, 0.4) is 0 Å². The van der Waals surface area contributed by atoms with Crippen molar-refractivity contribution in [2.75, 3.05) is 20.2 Å². The molecule has 146 valence electrons. The Morgan fingerprint density at radius 2 is 2.07 bits per heavy atom. The van der Waals surface area contributed by atoms with E-state index in [-0.39, 0.29) is 23.5 Å². The first kappa shape index (κ1) is 18.6. The first-order valence-electron chi connectivity index (χ1n) is 9.84. The molecule has 1 N–H and O–H groups in total. The monoisotopic (exact) mass is 389 g/mol. The van der Waals surface area contributed by atoms with Crippen LogP contribution in [0.15, 0.2) is 4.79 Å². The van der Waals surface area contributed by atoms with Gasteiger partial charge in [-0.25, -0.2) is 4.98 Å². The molecule has 1 saturated heterocycles. The summed E-state index contributed by atoms with van der Waals surface area (Å²) in [6, 6.07) is 0.0266. The molecule has 0 amide bonds. The summed E-state index contributed by atoms with van der Waals surface area (Å²) in [5, 5.41) is 0.808. The van der Waals surface area contributed by atoms with Crippen molar-refractivity contribution in [3.63, 3.8) is 0 Å². The van der Waals surface area contributed by atoms with Crippen molar-refractivity contribution in [1.29, 1.82) is 0 Å². The normalized spacial score (nSPS) is 22.6. The van der Waals surface area contributed by atoms with Crippen LogP contribution in [0.25, 0.3) is 10.2 Å². The summed E-state index contributed by atoms with van der Waals surface area (Å²) in [4.78, 5) is 36.9. The van der Waals surface area contributed by atoms with Gasteiger partial charge in [0.25, 0.3) is 5.56 Å². The first-order chi connectivity index (χ1) is 13.0. The number of hydrogen-bond donors (Lipinski definition) is 1. The number of aryl methyl sites for hydroxylation is 1. The number of carbonyl (C=O) groups excluding carboxylic acids is 1. The van der Waals surface area contributed by atoms with Crippen LogP contribution in [0.1, 0.15) is 55.4 Å². The van der Waals surface area contributed by atoms with Gasteiger partial charge in [-0.15, -0.1) is 11.3 Å². The molecule has 2 aromatic heterocycles. The average Bonchev–Trinajstić information content (AvgIpc) is 3.04. The Morgan fingerprint density at radius 1 is 1.33 bits per heavy atom. The summed E-state index contributed by atoms with van der Waals surface area (Å²) in [6.07, 6.45) is 4.76. The Labute approximate surface area is 162 Å². The van der Waals surface area contributed by atoms with E-state index in [0.29, 0.717) is 5.92 Å². The number of aromatic amines is 1. The Hall–Kier alpha value is -1.73. The minimum Gasteiger partial charge on any atom is -0.469 e. The van der Waals surface area contributed by atoms with Crippen molar-refractivity contribution in [3.8, 4) is 0 Å². The number of H-pyrrole nitrogens is 1. The maximum absolute atomic E-state index is 12.8. The fourth-order valence-corrected chi connectivity index (χ4v) is 5.82. The van der Waals surface area contributed by atoms with Gasteiger partial charge in [-0.05, 0) is 63.6 Å². The van der Waals surface area contributed by atoms with Gasteiger partial charge in [0.1, 0.15) is 10.7 Å². The summed E-state index contributed by atoms with van der Waals surface area (Å²) in [7, 11) is 1.45. The number of methoxy groups -OCH3 is 1. The van der Waals surface area contributed by atoms with Crippen LogP contribution in [-0.2, 0) is 22.4 Å². The number of rotatable bonds is 3. The van der Waals surface area contributed by atoms with Gasteiger partial charge in [0.15, 0.2) is 0 Å². The molecule has 1 aliphatic heterocycles. The molecule has 3 heterocycles. The second-order valence-electron chi connectivity index (χ2n) is 7.99. The molecule has 27 heavy (non-hydrogen) atoms. The van der Waals surface area contributed by atoms with Crippen molar-refractivity contribution in [1.82, 2.24) is 14.9 Å². The van der Waals surface area contributed by atoms with Crippen LogP contribution in [0.5, 0.6) is 0 Å². The molecule has 0 unspecified atom stereocenters. The lowest BCUT2D eigenvalue weighted by Gasteiger charge is -2.34. The van der Waals surface area contributed by atoms with Crippen molar-refractivity contribution in [2.24, 2.45) is 11.8 Å². The van der Waals surface area contributed by atoms with Gasteiger partial charge >= 0.3 is 5.97 Å². The predicted octanol–water partition coefficient (Wildman–Crippen LogP) is 3.06. The summed E-state index contributed by atoms with van der Waals surface area (Å²) in [5.41, 5.74) is 1.22. The molecule has 2 atom stereocenters. The number of thiophene rings is 1. The molecule has 2 aliphatic rings. The molecule has 0 saturated carbocycles. The van der Waals surface area contributed by atoms with Gasteiger partial charge in [-0.3, -0.25) is 14.5 Å². The molecule has 2 aromatic rings. The summed E-state index contributed by atoms with van der Waals surface area (Å²) in [5.74, 6) is 1.28. The Bertz CT molecular complexity index is 911. The van der Waals surface area contributed by atoms with Gasteiger partial charge < -0.3 is 9.72 Å². The third-order valence-electron chi connectivity index (χ3n) is 6.19. The third kappa shape index (κ3) is 3.43. The fraction of sp³-hybridized carbons (Fsp3) is 0.650. The summed E-state index contributed by atoms with van der Waals surface area (Å²) in [6.45, 7) is 5.97. The minimum atomic E-state index is -0.117. The van der Waals surface area contributed by atoms with Gasteiger partial charge in [0, 0.05) is 4.88 Å². The molecule has 7 heteroatoms. The van der Waals surface area contributed by atoms with Crippen molar-refractivity contribution < 1.29 is 9.53 Å². The second-order valence-corrected chi connectivity index (χ2v) is 9.08. The molecular formula is C20H27N3O3S. The highest BCUT2D eigenvalue weighted by molar-refractivity contribution is 7.18. The summed E-state index contributed by atoms with van der Waals surface area (Å²) < 4.78 is 4.87. The van der Waals surface area contributed by atoms with Crippen LogP contribution >= 0.6 is 11.3 Å². The van der Waals surface area contributed by atoms with E-state index in [2.05, 4.69) is 23.7 Å². The number of hydrogen-bond acceptors (Lipinski definition) is 6. The van der Waals surface area contributed by atoms with Crippen LogP contribution in [0.4, 0.5) is 0 Å². The first-order valence-corrected chi connectivity index (χ1v) is 10.7. The Morgan fingerprint density at radius 3 is 2.78 bits per heavy atom. The Balaban J connectivity index is 1.57. The smallest absolute Gasteiger partial charge is 0.308 e. The van der Waals surface area contributed by atoms with E-state index in [1.54, 1.807) is 11.3 Å². The topological polar surface area (TPSA) is 75.3 Å². The minimum absolute atomic E-state index is 0.00153. The molecule has 1 fully saturated rings. The number of esters is 1. The lowest BCUT2D eigenvalue weighted by atomic mass is 9.89. The summed E-state index contributed by atoms with van der Waals surface area (Å²) >= 11 is 1.69. The maximum atomic E-state index is 12.8. The number of ether oxygens (including phenoxy) is 1. The number of piperidine rings is 1. The van der Waals surface area contributed by atoms with Gasteiger partial charge in [0.05, 0.1) is 24.5 Å². The molecule has 4 rings (SSSR count). The standard InChI is InChI=1S/C20H27N3O3S/c1-11-4-5-14-15(10-11)27-19-16(14)18(24)21-17(22-19)12(2)23-8-6-13(7-9-23)20(25)26-3/h11-13H,4-10H2,1-3H3,(H,21,22,24)/t11-,12-/m1/s1. The number of nitrogens with one attached hydrogen (secondary N) is 1.